The van der Waals surface area contributed by atoms with Gasteiger partial charge in [0.25, 0.3) is 0 Å². The number of likely N-dealkylation sites (N-methyl/N-ethyl adjacent to an activating group) is 1. The molecule has 5 nitrogen and oxygen atoms in total. The summed E-state index contributed by atoms with van der Waals surface area (Å²) in [5.74, 6) is 0.954. The number of aryl methyl sites for hydroxylation is 2. The second-order valence-electron chi connectivity index (χ2n) is 5.30. The van der Waals surface area contributed by atoms with Crippen molar-refractivity contribution in [3.8, 4) is 11.4 Å². The van der Waals surface area contributed by atoms with Gasteiger partial charge in [-0.05, 0) is 20.4 Å². The van der Waals surface area contributed by atoms with Crippen LogP contribution in [-0.2, 0) is 25.9 Å². The second kappa shape index (κ2) is 3.45. The fourth-order valence-corrected chi connectivity index (χ4v) is 3.08. The summed E-state index contributed by atoms with van der Waals surface area (Å²) in [6.45, 7) is 5.00. The van der Waals surface area contributed by atoms with Gasteiger partial charge >= 0.3 is 0 Å². The molecule has 0 bridgehead atoms. The quantitative estimate of drug-likeness (QED) is 0.702. The van der Waals surface area contributed by atoms with Gasteiger partial charge in [0.1, 0.15) is 11.5 Å². The fourth-order valence-electron chi connectivity index (χ4n) is 3.08. The maximum atomic E-state index is 5.36. The smallest absolute Gasteiger partial charge is 0.137 e. The van der Waals surface area contributed by atoms with E-state index in [9.17, 15) is 0 Å². The molecule has 0 amide bonds. The van der Waals surface area contributed by atoms with Crippen LogP contribution in [0, 0.1) is 6.92 Å². The van der Waals surface area contributed by atoms with Crippen LogP contribution in [0.3, 0.4) is 0 Å². The Kier molecular flexibility index (Phi) is 1.97. The Morgan fingerprint density at radius 1 is 1.17 bits per heavy atom. The van der Waals surface area contributed by atoms with Gasteiger partial charge in [-0.25, -0.2) is 0 Å². The lowest BCUT2D eigenvalue weighted by molar-refractivity contribution is 0.312. The van der Waals surface area contributed by atoms with Crippen molar-refractivity contribution in [3.05, 3.63) is 22.6 Å². The molecule has 2 aliphatic heterocycles. The van der Waals surface area contributed by atoms with E-state index in [1.165, 1.54) is 22.5 Å². The molecular weight excluding hydrogens is 228 g/mol. The van der Waals surface area contributed by atoms with Crippen molar-refractivity contribution in [2.24, 2.45) is 0 Å². The monoisotopic (exact) mass is 244 g/mol. The Morgan fingerprint density at radius 2 is 2.06 bits per heavy atom. The highest BCUT2D eigenvalue weighted by atomic mass is 16.5. The first kappa shape index (κ1) is 10.3. The van der Waals surface area contributed by atoms with Crippen molar-refractivity contribution in [1.82, 2.24) is 19.8 Å². The number of rotatable bonds is 0. The number of fused-ring (bicyclic) bond motifs is 5. The molecule has 0 aliphatic carbocycles. The molecule has 0 radical (unpaired) electrons. The van der Waals surface area contributed by atoms with Crippen LogP contribution in [0.15, 0.2) is 4.52 Å². The van der Waals surface area contributed by atoms with Crippen LogP contribution < -0.4 is 0 Å². The first-order chi connectivity index (χ1) is 8.74. The molecule has 2 aromatic heterocycles. The van der Waals surface area contributed by atoms with Crippen molar-refractivity contribution in [3.63, 3.8) is 0 Å². The van der Waals surface area contributed by atoms with E-state index < -0.39 is 0 Å². The average molecular weight is 244 g/mol. The van der Waals surface area contributed by atoms with Gasteiger partial charge in [0, 0.05) is 37.2 Å². The summed E-state index contributed by atoms with van der Waals surface area (Å²) >= 11 is 0. The van der Waals surface area contributed by atoms with Gasteiger partial charge in [-0.3, -0.25) is 4.68 Å². The lowest BCUT2D eigenvalue weighted by atomic mass is 9.98. The summed E-state index contributed by atoms with van der Waals surface area (Å²) in [4.78, 5) is 2.34. The highest BCUT2D eigenvalue weighted by Gasteiger charge is 2.30. The van der Waals surface area contributed by atoms with E-state index in [-0.39, 0.29) is 0 Å². The maximum Gasteiger partial charge on any atom is 0.137 e. The summed E-state index contributed by atoms with van der Waals surface area (Å²) in [6.07, 6.45) is 2.02. The van der Waals surface area contributed by atoms with Gasteiger partial charge in [0.15, 0.2) is 0 Å². The summed E-state index contributed by atoms with van der Waals surface area (Å²) in [7, 11) is 2.16. The molecule has 94 valence electrons. The maximum absolute atomic E-state index is 5.36. The van der Waals surface area contributed by atoms with Crippen LogP contribution in [0.1, 0.15) is 22.6 Å². The van der Waals surface area contributed by atoms with Crippen LogP contribution in [0.4, 0.5) is 0 Å². The minimum absolute atomic E-state index is 0.946. The third-order valence-corrected chi connectivity index (χ3v) is 4.07. The number of hydrogen-bond donors (Lipinski definition) is 0. The molecule has 4 heterocycles. The highest BCUT2D eigenvalue weighted by Crippen LogP contribution is 2.36. The first-order valence-corrected chi connectivity index (χ1v) is 6.46. The standard InChI is InChI=1S/C13H16N4O/c1-8-9-3-6-17-13(12(9)15-18-8)10-7-16(2)5-4-11(10)14-17/h3-7H2,1-2H3. The highest BCUT2D eigenvalue weighted by molar-refractivity contribution is 5.66. The SMILES string of the molecule is Cc1onc2c1CCn1nc3c(c1-2)CN(C)CC3. The summed E-state index contributed by atoms with van der Waals surface area (Å²) < 4.78 is 7.48. The van der Waals surface area contributed by atoms with E-state index in [2.05, 4.69) is 21.8 Å². The minimum Gasteiger partial charge on any atom is -0.361 e. The van der Waals surface area contributed by atoms with Crippen LogP contribution in [0.2, 0.25) is 0 Å². The first-order valence-electron chi connectivity index (χ1n) is 6.46. The van der Waals surface area contributed by atoms with Crippen LogP contribution in [0.5, 0.6) is 0 Å². The molecule has 0 atom stereocenters. The van der Waals surface area contributed by atoms with Crippen LogP contribution in [-0.4, -0.2) is 33.4 Å². The third kappa shape index (κ3) is 1.25. The Labute approximate surface area is 105 Å². The molecule has 0 saturated heterocycles. The Balaban J connectivity index is 1.95. The molecule has 0 unspecified atom stereocenters. The molecule has 2 aromatic rings. The number of nitrogens with zero attached hydrogens (tertiary/aromatic N) is 4. The molecule has 0 fully saturated rings. The molecule has 18 heavy (non-hydrogen) atoms. The lowest BCUT2D eigenvalue weighted by Gasteiger charge is -2.22. The number of aromatic nitrogens is 3. The van der Waals surface area contributed by atoms with E-state index in [4.69, 9.17) is 9.62 Å². The van der Waals surface area contributed by atoms with Crippen molar-refractivity contribution >= 4 is 0 Å². The molecule has 0 aromatic carbocycles. The molecule has 0 N–H and O–H groups in total. The van der Waals surface area contributed by atoms with Crippen molar-refractivity contribution in [1.29, 1.82) is 0 Å². The summed E-state index contributed by atoms with van der Waals surface area (Å²) in [5.41, 5.74) is 6.06. The summed E-state index contributed by atoms with van der Waals surface area (Å²) in [5, 5.41) is 8.99. The van der Waals surface area contributed by atoms with E-state index in [1.807, 2.05) is 6.92 Å². The largest absolute Gasteiger partial charge is 0.361 e. The van der Waals surface area contributed by atoms with Crippen LogP contribution >= 0.6 is 0 Å². The summed E-state index contributed by atoms with van der Waals surface area (Å²) in [6, 6.07) is 0. The van der Waals surface area contributed by atoms with E-state index in [0.717, 1.165) is 43.9 Å². The molecular formula is C13H16N4O. The van der Waals surface area contributed by atoms with Gasteiger partial charge in [0.05, 0.1) is 11.4 Å². The van der Waals surface area contributed by atoms with Crippen molar-refractivity contribution in [2.75, 3.05) is 13.6 Å². The normalized spacial score (nSPS) is 18.3. The van der Waals surface area contributed by atoms with Crippen molar-refractivity contribution in [2.45, 2.75) is 32.9 Å². The zero-order chi connectivity index (χ0) is 12.3. The van der Waals surface area contributed by atoms with Gasteiger partial charge in [0.2, 0.25) is 0 Å². The Hall–Kier alpha value is -1.62. The van der Waals surface area contributed by atoms with Crippen LogP contribution in [0.25, 0.3) is 11.4 Å². The third-order valence-electron chi connectivity index (χ3n) is 4.07. The van der Waals surface area contributed by atoms with Crippen molar-refractivity contribution < 1.29 is 4.52 Å². The average Bonchev–Trinajstić information content (AvgIpc) is 2.90. The molecule has 5 heteroatoms. The number of hydrogen-bond acceptors (Lipinski definition) is 4. The predicted octanol–water partition coefficient (Wildman–Crippen LogP) is 1.39. The Morgan fingerprint density at radius 3 is 2.94 bits per heavy atom. The molecule has 4 rings (SSSR count). The van der Waals surface area contributed by atoms with E-state index in [1.54, 1.807) is 0 Å². The zero-order valence-corrected chi connectivity index (χ0v) is 10.7. The van der Waals surface area contributed by atoms with Gasteiger partial charge in [-0.2, -0.15) is 5.10 Å². The minimum atomic E-state index is 0.946. The second-order valence-corrected chi connectivity index (χ2v) is 5.30. The van der Waals surface area contributed by atoms with E-state index >= 15 is 0 Å². The van der Waals surface area contributed by atoms with Gasteiger partial charge < -0.3 is 9.42 Å². The molecule has 2 aliphatic rings. The molecule has 0 spiro atoms. The zero-order valence-electron chi connectivity index (χ0n) is 10.7. The predicted molar refractivity (Wildman–Crippen MR) is 66.2 cm³/mol. The fraction of sp³-hybridized carbons (Fsp3) is 0.538. The lowest BCUT2D eigenvalue weighted by Crippen LogP contribution is -2.26. The van der Waals surface area contributed by atoms with E-state index in [0.29, 0.717) is 0 Å². The van der Waals surface area contributed by atoms with Gasteiger partial charge in [-0.1, -0.05) is 5.16 Å². The molecule has 0 saturated carbocycles. The Bertz CT molecular complexity index is 625. The topological polar surface area (TPSA) is 47.1 Å². The van der Waals surface area contributed by atoms with Gasteiger partial charge in [-0.15, -0.1) is 0 Å².